The lowest BCUT2D eigenvalue weighted by Crippen LogP contribution is -2.51. The lowest BCUT2D eigenvalue weighted by atomic mass is 10.1. The molecule has 0 aromatic heterocycles. The van der Waals surface area contributed by atoms with E-state index in [2.05, 4.69) is 5.32 Å². The Labute approximate surface area is 188 Å². The number of rotatable bonds is 10. The van der Waals surface area contributed by atoms with Crippen LogP contribution < -0.4 is 10.1 Å². The monoisotopic (exact) mass is 448 g/mol. The number of methoxy groups -OCH3 is 1. The van der Waals surface area contributed by atoms with Gasteiger partial charge in [0.1, 0.15) is 17.6 Å². The second-order valence-corrected chi connectivity index (χ2v) is 7.90. The maximum absolute atomic E-state index is 14.3. The van der Waals surface area contributed by atoms with Crippen LogP contribution in [0, 0.1) is 5.82 Å². The first kappa shape index (κ1) is 24.7. The molecule has 0 aliphatic carbocycles. The molecule has 2 amide bonds. The number of nitrogens with zero attached hydrogens (tertiary/aromatic N) is 1. The molecule has 0 fully saturated rings. The zero-order chi connectivity index (χ0) is 23.0. The van der Waals surface area contributed by atoms with E-state index in [0.717, 1.165) is 12.0 Å². The van der Waals surface area contributed by atoms with Gasteiger partial charge in [0, 0.05) is 23.2 Å². The minimum absolute atomic E-state index is 0.0173. The van der Waals surface area contributed by atoms with Gasteiger partial charge in [0.15, 0.2) is 0 Å². The van der Waals surface area contributed by atoms with Crippen molar-refractivity contribution in [2.75, 3.05) is 7.11 Å². The highest BCUT2D eigenvalue weighted by Gasteiger charge is 2.30. The van der Waals surface area contributed by atoms with Gasteiger partial charge in [-0.1, -0.05) is 43.6 Å². The van der Waals surface area contributed by atoms with Crippen LogP contribution in [0.5, 0.6) is 5.75 Å². The Bertz CT molecular complexity index is 886. The van der Waals surface area contributed by atoms with E-state index >= 15 is 0 Å². The van der Waals surface area contributed by atoms with E-state index < -0.39 is 11.9 Å². The van der Waals surface area contributed by atoms with Gasteiger partial charge in [-0.05, 0) is 49.6 Å². The third kappa shape index (κ3) is 6.69. The number of benzene rings is 2. The first-order chi connectivity index (χ1) is 14.8. The van der Waals surface area contributed by atoms with E-state index in [4.69, 9.17) is 16.3 Å². The minimum Gasteiger partial charge on any atom is -0.497 e. The predicted molar refractivity (Wildman–Crippen MR) is 121 cm³/mol. The molecular weight excluding hydrogens is 419 g/mol. The van der Waals surface area contributed by atoms with Crippen molar-refractivity contribution in [3.05, 3.63) is 64.4 Å². The topological polar surface area (TPSA) is 58.6 Å². The molecule has 0 aliphatic heterocycles. The second-order valence-electron chi connectivity index (χ2n) is 7.49. The van der Waals surface area contributed by atoms with Crippen LogP contribution in [0.15, 0.2) is 42.5 Å². The van der Waals surface area contributed by atoms with Crippen molar-refractivity contribution in [1.82, 2.24) is 10.2 Å². The highest BCUT2D eigenvalue weighted by molar-refractivity contribution is 6.31. The largest absolute Gasteiger partial charge is 0.497 e. The Kier molecular flexibility index (Phi) is 9.31. The lowest BCUT2D eigenvalue weighted by Gasteiger charge is -2.31. The molecule has 2 aromatic carbocycles. The number of halogens is 2. The number of amides is 2. The molecule has 2 rings (SSSR count). The summed E-state index contributed by atoms with van der Waals surface area (Å²) in [5, 5.41) is 3.14. The molecule has 1 N–H and O–H groups in total. The van der Waals surface area contributed by atoms with Crippen molar-refractivity contribution >= 4 is 23.4 Å². The number of carbonyl (C=O) groups is 2. The summed E-state index contributed by atoms with van der Waals surface area (Å²) in [6.07, 6.45) is 0.961. The van der Waals surface area contributed by atoms with Crippen molar-refractivity contribution < 1.29 is 18.7 Å². The van der Waals surface area contributed by atoms with Crippen molar-refractivity contribution in [1.29, 1.82) is 0 Å². The molecule has 0 spiro atoms. The molecule has 0 unspecified atom stereocenters. The molecule has 7 heteroatoms. The quantitative estimate of drug-likeness (QED) is 0.570. The van der Waals surface area contributed by atoms with Gasteiger partial charge in [0.05, 0.1) is 13.5 Å². The van der Waals surface area contributed by atoms with Gasteiger partial charge in [0.2, 0.25) is 11.8 Å². The van der Waals surface area contributed by atoms with E-state index in [1.807, 2.05) is 45.0 Å². The van der Waals surface area contributed by atoms with Gasteiger partial charge in [0.25, 0.3) is 0 Å². The Balaban J connectivity index is 2.37. The minimum atomic E-state index is -0.696. The molecule has 0 aliphatic rings. The summed E-state index contributed by atoms with van der Waals surface area (Å²) in [7, 11) is 1.57. The van der Waals surface area contributed by atoms with Gasteiger partial charge in [-0.2, -0.15) is 0 Å². The molecule has 168 valence electrons. The summed E-state index contributed by atoms with van der Waals surface area (Å²) >= 11 is 6.14. The van der Waals surface area contributed by atoms with E-state index in [0.29, 0.717) is 12.2 Å². The number of hydrogen-bond acceptors (Lipinski definition) is 3. The Morgan fingerprint density at radius 2 is 1.87 bits per heavy atom. The Hall–Kier alpha value is -2.60. The summed E-state index contributed by atoms with van der Waals surface area (Å²) in [6, 6.07) is 10.9. The van der Waals surface area contributed by atoms with Crippen LogP contribution in [0.25, 0.3) is 0 Å². The summed E-state index contributed by atoms with van der Waals surface area (Å²) in [6.45, 7) is 5.93. The van der Waals surface area contributed by atoms with Crippen molar-refractivity contribution in [3.63, 3.8) is 0 Å². The molecule has 0 bridgehead atoms. The molecule has 5 nitrogen and oxygen atoms in total. The van der Waals surface area contributed by atoms with E-state index in [1.54, 1.807) is 13.2 Å². The fourth-order valence-corrected chi connectivity index (χ4v) is 3.51. The smallest absolute Gasteiger partial charge is 0.243 e. The average molecular weight is 449 g/mol. The van der Waals surface area contributed by atoms with Crippen LogP contribution >= 0.6 is 11.6 Å². The molecule has 31 heavy (non-hydrogen) atoms. The Morgan fingerprint density at radius 3 is 2.48 bits per heavy atom. The third-order valence-corrected chi connectivity index (χ3v) is 5.62. The Morgan fingerprint density at radius 1 is 1.16 bits per heavy atom. The van der Waals surface area contributed by atoms with Crippen molar-refractivity contribution in [3.8, 4) is 5.75 Å². The third-order valence-electron chi connectivity index (χ3n) is 5.26. The highest BCUT2D eigenvalue weighted by Crippen LogP contribution is 2.23. The number of nitrogens with one attached hydrogen (secondary N) is 1. The van der Waals surface area contributed by atoms with Gasteiger partial charge >= 0.3 is 0 Å². The maximum atomic E-state index is 14.3. The van der Waals surface area contributed by atoms with E-state index in [-0.39, 0.29) is 41.4 Å². The van der Waals surface area contributed by atoms with E-state index in [1.165, 1.54) is 17.0 Å². The SMILES string of the molecule is CC[C@H](C(=O)N[C@@H](C)CC)N(Cc1cccc(OC)c1)C(=O)Cc1c(F)cccc1Cl. The van der Waals surface area contributed by atoms with Gasteiger partial charge in [-0.25, -0.2) is 4.39 Å². The van der Waals surface area contributed by atoms with Crippen LogP contribution in [0.1, 0.15) is 44.7 Å². The normalized spacial score (nSPS) is 12.7. The zero-order valence-corrected chi connectivity index (χ0v) is 19.2. The first-order valence-corrected chi connectivity index (χ1v) is 10.8. The van der Waals surface area contributed by atoms with Gasteiger partial charge in [-0.15, -0.1) is 0 Å². The van der Waals surface area contributed by atoms with E-state index in [9.17, 15) is 14.0 Å². The lowest BCUT2D eigenvalue weighted by molar-refractivity contribution is -0.141. The number of carbonyl (C=O) groups excluding carboxylic acids is 2. The standard InChI is InChI=1S/C24H30ClFN2O3/c1-5-16(3)27-24(30)22(6-2)28(15-17-9-7-10-18(13-17)31-4)23(29)14-19-20(25)11-8-12-21(19)26/h7-13,16,22H,5-6,14-15H2,1-4H3,(H,27,30)/t16-,22+/m0/s1. The summed E-state index contributed by atoms with van der Waals surface area (Å²) < 4.78 is 19.6. The molecule has 0 radical (unpaired) electrons. The molecule has 0 saturated carbocycles. The fourth-order valence-electron chi connectivity index (χ4n) is 3.28. The number of hydrogen-bond donors (Lipinski definition) is 1. The first-order valence-electron chi connectivity index (χ1n) is 10.5. The maximum Gasteiger partial charge on any atom is 0.243 e. The second kappa shape index (κ2) is 11.7. The highest BCUT2D eigenvalue weighted by atomic mass is 35.5. The molecule has 0 heterocycles. The molecule has 2 aromatic rings. The fraction of sp³-hybridized carbons (Fsp3) is 0.417. The van der Waals surface area contributed by atoms with Crippen molar-refractivity contribution in [2.45, 2.75) is 58.7 Å². The van der Waals surface area contributed by atoms with Crippen LogP contribution in [0.4, 0.5) is 4.39 Å². The average Bonchev–Trinajstić information content (AvgIpc) is 2.76. The van der Waals surface area contributed by atoms with Crippen LogP contribution in [-0.2, 0) is 22.6 Å². The van der Waals surface area contributed by atoms with Crippen LogP contribution in [-0.4, -0.2) is 35.9 Å². The zero-order valence-electron chi connectivity index (χ0n) is 18.5. The summed E-state index contributed by atoms with van der Waals surface area (Å²) in [5.41, 5.74) is 0.934. The number of ether oxygens (including phenoxy) is 1. The van der Waals surface area contributed by atoms with Gasteiger partial charge < -0.3 is 15.0 Å². The van der Waals surface area contributed by atoms with Crippen LogP contribution in [0.3, 0.4) is 0 Å². The van der Waals surface area contributed by atoms with Crippen molar-refractivity contribution in [2.24, 2.45) is 0 Å². The summed E-state index contributed by atoms with van der Waals surface area (Å²) in [5.74, 6) is -0.493. The molecular formula is C24H30ClFN2O3. The molecule has 0 saturated heterocycles. The predicted octanol–water partition coefficient (Wildman–Crippen LogP) is 4.75. The molecule has 2 atom stereocenters. The van der Waals surface area contributed by atoms with Crippen LogP contribution in [0.2, 0.25) is 5.02 Å². The summed E-state index contributed by atoms with van der Waals surface area (Å²) in [4.78, 5) is 27.8. The van der Waals surface area contributed by atoms with Gasteiger partial charge in [-0.3, -0.25) is 9.59 Å².